The van der Waals surface area contributed by atoms with E-state index in [0.717, 1.165) is 42.1 Å². The van der Waals surface area contributed by atoms with Crippen molar-refractivity contribution in [2.24, 2.45) is 0 Å². The molecule has 2 aliphatic rings. The van der Waals surface area contributed by atoms with Gasteiger partial charge in [-0.25, -0.2) is 4.98 Å². The third-order valence-electron chi connectivity index (χ3n) is 6.99. The number of nitrogens with zero attached hydrogens (tertiary/aromatic N) is 2. The lowest BCUT2D eigenvalue weighted by Crippen LogP contribution is -2.45. The summed E-state index contributed by atoms with van der Waals surface area (Å²) in [6.45, 7) is 5.68. The summed E-state index contributed by atoms with van der Waals surface area (Å²) < 4.78 is 0. The molecular formula is C29H30N4OS. The van der Waals surface area contributed by atoms with Gasteiger partial charge in [0.25, 0.3) is 0 Å². The van der Waals surface area contributed by atoms with Gasteiger partial charge in [-0.05, 0) is 66.6 Å². The molecule has 2 N–H and O–H groups in total. The number of benzene rings is 3. The number of rotatable bonds is 6. The molecule has 1 fully saturated rings. The lowest BCUT2D eigenvalue weighted by atomic mass is 10.0. The number of para-hydroxylation sites is 2. The summed E-state index contributed by atoms with van der Waals surface area (Å²) in [5, 5.41) is 4.38. The van der Waals surface area contributed by atoms with E-state index in [1.54, 1.807) is 11.8 Å². The van der Waals surface area contributed by atoms with Crippen LogP contribution in [0.15, 0.2) is 71.9 Å². The molecule has 1 saturated heterocycles. The second-order valence-corrected chi connectivity index (χ2v) is 11.3. The maximum atomic E-state index is 13.1. The molecule has 0 spiro atoms. The molecule has 0 unspecified atom stereocenters. The van der Waals surface area contributed by atoms with Crippen LogP contribution in [-0.2, 0) is 17.8 Å². The monoisotopic (exact) mass is 482 g/mol. The minimum absolute atomic E-state index is 0.126. The van der Waals surface area contributed by atoms with E-state index >= 15 is 0 Å². The molecule has 1 aliphatic heterocycles. The quantitative estimate of drug-likeness (QED) is 0.340. The Balaban J connectivity index is 1.21. The topological polar surface area (TPSA) is 61.0 Å². The van der Waals surface area contributed by atoms with Crippen molar-refractivity contribution in [1.82, 2.24) is 20.2 Å². The first kappa shape index (κ1) is 22.4. The maximum absolute atomic E-state index is 13.1. The fourth-order valence-corrected chi connectivity index (χ4v) is 6.63. The molecule has 2 heterocycles. The summed E-state index contributed by atoms with van der Waals surface area (Å²) in [6, 6.07) is 23.6. The van der Waals surface area contributed by atoms with Crippen molar-refractivity contribution >= 4 is 28.7 Å². The first-order valence-electron chi connectivity index (χ1n) is 12.4. The number of aromatic nitrogens is 2. The van der Waals surface area contributed by atoms with Crippen LogP contribution >= 0.6 is 11.8 Å². The van der Waals surface area contributed by atoms with Crippen molar-refractivity contribution in [3.63, 3.8) is 0 Å². The first-order valence-corrected chi connectivity index (χ1v) is 13.3. The number of imidazole rings is 1. The summed E-state index contributed by atoms with van der Waals surface area (Å²) in [4.78, 5) is 23.7. The van der Waals surface area contributed by atoms with Crippen LogP contribution in [0.25, 0.3) is 22.2 Å². The van der Waals surface area contributed by atoms with Crippen LogP contribution in [0, 0.1) is 0 Å². The van der Waals surface area contributed by atoms with E-state index in [1.165, 1.54) is 27.8 Å². The summed E-state index contributed by atoms with van der Waals surface area (Å²) in [6.07, 6.45) is 1.80. The van der Waals surface area contributed by atoms with Crippen molar-refractivity contribution in [2.75, 3.05) is 6.54 Å². The van der Waals surface area contributed by atoms with E-state index in [9.17, 15) is 4.79 Å². The minimum atomic E-state index is -0.135. The van der Waals surface area contributed by atoms with Crippen molar-refractivity contribution in [3.8, 4) is 11.1 Å². The van der Waals surface area contributed by atoms with Crippen LogP contribution in [0.4, 0.5) is 0 Å². The highest BCUT2D eigenvalue weighted by atomic mass is 32.2. The zero-order chi connectivity index (χ0) is 23.9. The first-order chi connectivity index (χ1) is 17.0. The van der Waals surface area contributed by atoms with Gasteiger partial charge in [0, 0.05) is 24.4 Å². The highest BCUT2D eigenvalue weighted by molar-refractivity contribution is 7.99. The molecule has 0 saturated carbocycles. The molecule has 2 atom stereocenters. The Hall–Kier alpha value is -3.09. The standard InChI is InChI=1S/C29H30N4OS/c1-18(2)30-28(34)27-15-22(35-29-31-25-9-5-6-10-26(25)32-29)17-33(27)16-19-11-12-24-21(13-19)14-20-7-3-4-8-23(20)24/h3-13,18,22,27H,14-17H2,1-2H3,(H,30,34)(H,31,32)/t22-,27+/m1/s1. The minimum Gasteiger partial charge on any atom is -0.353 e. The second-order valence-electron chi connectivity index (χ2n) is 9.97. The number of nitrogens with one attached hydrogen (secondary N) is 2. The number of thioether (sulfide) groups is 1. The number of amides is 1. The predicted octanol–water partition coefficient (Wildman–Crippen LogP) is 5.39. The van der Waals surface area contributed by atoms with E-state index in [0.29, 0.717) is 5.25 Å². The summed E-state index contributed by atoms with van der Waals surface area (Å²) >= 11 is 1.75. The molecular weight excluding hydrogens is 452 g/mol. The fraction of sp³-hybridized carbons (Fsp3) is 0.310. The summed E-state index contributed by atoms with van der Waals surface area (Å²) in [5.74, 6) is 0.126. The Morgan fingerprint density at radius 2 is 1.89 bits per heavy atom. The average molecular weight is 483 g/mol. The molecule has 3 aromatic carbocycles. The third kappa shape index (κ3) is 4.48. The lowest BCUT2D eigenvalue weighted by Gasteiger charge is -2.24. The van der Waals surface area contributed by atoms with Crippen LogP contribution in [0.1, 0.15) is 37.0 Å². The van der Waals surface area contributed by atoms with Gasteiger partial charge in [0.15, 0.2) is 5.16 Å². The van der Waals surface area contributed by atoms with Gasteiger partial charge in [0.05, 0.1) is 17.1 Å². The smallest absolute Gasteiger partial charge is 0.237 e. The zero-order valence-electron chi connectivity index (χ0n) is 20.1. The van der Waals surface area contributed by atoms with Crippen molar-refractivity contribution < 1.29 is 4.79 Å². The van der Waals surface area contributed by atoms with Gasteiger partial charge >= 0.3 is 0 Å². The Bertz CT molecular complexity index is 1360. The SMILES string of the molecule is CC(C)NC(=O)[C@@H]1C[C@@H](Sc2nc3ccccc3[nH]2)CN1Cc1ccc2c(c1)Cc1ccccc1-2. The molecule has 6 rings (SSSR count). The van der Waals surface area contributed by atoms with Crippen molar-refractivity contribution in [3.05, 3.63) is 83.4 Å². The van der Waals surface area contributed by atoms with Gasteiger partial charge in [0.1, 0.15) is 0 Å². The van der Waals surface area contributed by atoms with E-state index in [1.807, 2.05) is 32.0 Å². The van der Waals surface area contributed by atoms with Gasteiger partial charge < -0.3 is 10.3 Å². The van der Waals surface area contributed by atoms with Gasteiger partial charge in [-0.1, -0.05) is 66.4 Å². The van der Waals surface area contributed by atoms with E-state index in [2.05, 4.69) is 63.7 Å². The Morgan fingerprint density at radius 1 is 1.09 bits per heavy atom. The van der Waals surface area contributed by atoms with Crippen LogP contribution in [0.5, 0.6) is 0 Å². The molecule has 0 radical (unpaired) electrons. The molecule has 1 aliphatic carbocycles. The van der Waals surface area contributed by atoms with E-state index in [-0.39, 0.29) is 18.0 Å². The molecule has 1 amide bonds. The molecule has 4 aromatic rings. The van der Waals surface area contributed by atoms with Crippen LogP contribution in [-0.4, -0.2) is 44.7 Å². The second kappa shape index (κ2) is 9.17. The number of aromatic amines is 1. The number of H-pyrrole nitrogens is 1. The number of hydrogen-bond acceptors (Lipinski definition) is 4. The van der Waals surface area contributed by atoms with Crippen LogP contribution in [0.2, 0.25) is 0 Å². The molecule has 0 bridgehead atoms. The third-order valence-corrected chi connectivity index (χ3v) is 8.08. The largest absolute Gasteiger partial charge is 0.353 e. The number of carbonyl (C=O) groups excluding carboxylic acids is 1. The van der Waals surface area contributed by atoms with Crippen LogP contribution < -0.4 is 5.32 Å². The highest BCUT2D eigenvalue weighted by Crippen LogP contribution is 2.38. The van der Waals surface area contributed by atoms with E-state index in [4.69, 9.17) is 4.98 Å². The predicted molar refractivity (Wildman–Crippen MR) is 143 cm³/mol. The number of fused-ring (bicyclic) bond motifs is 4. The summed E-state index contributed by atoms with van der Waals surface area (Å²) in [5.41, 5.74) is 8.80. The van der Waals surface area contributed by atoms with Gasteiger partial charge in [-0.15, -0.1) is 0 Å². The molecule has 5 nitrogen and oxygen atoms in total. The van der Waals surface area contributed by atoms with E-state index < -0.39 is 0 Å². The zero-order valence-corrected chi connectivity index (χ0v) is 20.9. The number of carbonyl (C=O) groups is 1. The maximum Gasteiger partial charge on any atom is 0.237 e. The Kier molecular flexibility index (Phi) is 5.86. The van der Waals surface area contributed by atoms with Crippen LogP contribution in [0.3, 0.4) is 0 Å². The number of likely N-dealkylation sites (tertiary alicyclic amines) is 1. The molecule has 178 valence electrons. The van der Waals surface area contributed by atoms with Crippen molar-refractivity contribution in [1.29, 1.82) is 0 Å². The van der Waals surface area contributed by atoms with Gasteiger partial charge in [-0.3, -0.25) is 9.69 Å². The number of hydrogen-bond donors (Lipinski definition) is 2. The van der Waals surface area contributed by atoms with Gasteiger partial charge in [0.2, 0.25) is 5.91 Å². The Morgan fingerprint density at radius 3 is 2.74 bits per heavy atom. The fourth-order valence-electron chi connectivity index (χ4n) is 5.45. The molecule has 1 aromatic heterocycles. The highest BCUT2D eigenvalue weighted by Gasteiger charge is 2.38. The summed E-state index contributed by atoms with van der Waals surface area (Å²) in [7, 11) is 0. The van der Waals surface area contributed by atoms with Gasteiger partial charge in [-0.2, -0.15) is 0 Å². The lowest BCUT2D eigenvalue weighted by molar-refractivity contribution is -0.126. The Labute approximate surface area is 210 Å². The molecule has 6 heteroatoms. The normalized spacial score (nSPS) is 19.3. The van der Waals surface area contributed by atoms with Crippen molar-refractivity contribution in [2.45, 2.75) is 55.7 Å². The average Bonchev–Trinajstić information content (AvgIpc) is 3.53. The molecule has 35 heavy (non-hydrogen) atoms.